The van der Waals surface area contributed by atoms with Crippen LogP contribution in [-0.4, -0.2) is 42.1 Å². The van der Waals surface area contributed by atoms with E-state index in [0.29, 0.717) is 47.3 Å². The number of aromatic nitrogens is 2. The van der Waals surface area contributed by atoms with Crippen molar-refractivity contribution in [3.63, 3.8) is 0 Å². The zero-order valence-electron chi connectivity index (χ0n) is 23.2. The van der Waals surface area contributed by atoms with Crippen LogP contribution in [0.15, 0.2) is 93.4 Å². The molecule has 5 aromatic rings. The number of aliphatic carboxylic acids is 1. The second-order valence-electron chi connectivity index (χ2n) is 8.96. The minimum Gasteiger partial charge on any atom is -0.497 e. The Morgan fingerprint density at radius 2 is 1.67 bits per heavy atom. The van der Waals surface area contributed by atoms with Crippen LogP contribution in [0.25, 0.3) is 28.3 Å². The highest BCUT2D eigenvalue weighted by atomic mass is 32.2. The summed E-state index contributed by atoms with van der Waals surface area (Å²) in [5.41, 5.74) is 2.24. The van der Waals surface area contributed by atoms with Crippen LogP contribution in [0.4, 0.5) is 0 Å². The lowest BCUT2D eigenvalue weighted by molar-refractivity contribution is -0.131. The molecule has 0 atom stereocenters. The lowest BCUT2D eigenvalue weighted by Crippen LogP contribution is -2.01. The summed E-state index contributed by atoms with van der Waals surface area (Å²) in [6.07, 6.45) is 1.52. The van der Waals surface area contributed by atoms with E-state index in [1.165, 1.54) is 20.3 Å². The predicted molar refractivity (Wildman–Crippen MR) is 160 cm³/mol. The maximum atomic E-state index is 12.1. The van der Waals surface area contributed by atoms with Gasteiger partial charge in [0.05, 0.1) is 20.8 Å². The molecule has 0 spiro atoms. The first-order chi connectivity index (χ1) is 20.5. The van der Waals surface area contributed by atoms with E-state index in [4.69, 9.17) is 23.4 Å². The number of ether oxygens (including phenoxy) is 4. The number of carbonyl (C=O) groups is 1. The number of fused-ring (bicyclic) bond motifs is 1. The van der Waals surface area contributed by atoms with Gasteiger partial charge < -0.3 is 28.5 Å². The Labute approximate surface area is 246 Å². The van der Waals surface area contributed by atoms with E-state index < -0.39 is 5.97 Å². The molecule has 0 saturated carbocycles. The fourth-order valence-corrected chi connectivity index (χ4v) is 4.93. The van der Waals surface area contributed by atoms with Gasteiger partial charge in [0.25, 0.3) is 5.22 Å². The van der Waals surface area contributed by atoms with Gasteiger partial charge in [-0.25, -0.2) is 4.79 Å². The molecule has 1 N–H and O–H groups in total. The monoisotopic (exact) mass is 584 g/mol. The molecule has 0 bridgehead atoms. The fraction of sp³-hybridized carbons (Fsp3) is 0.156. The van der Waals surface area contributed by atoms with Crippen molar-refractivity contribution < 1.29 is 33.3 Å². The Bertz CT molecular complexity index is 1720. The molecule has 0 aliphatic rings. The van der Waals surface area contributed by atoms with Crippen molar-refractivity contribution in [3.05, 3.63) is 94.9 Å². The van der Waals surface area contributed by atoms with Gasteiger partial charge in [-0.3, -0.25) is 0 Å². The lowest BCUT2D eigenvalue weighted by atomic mass is 10.1. The number of thioether (sulfide) groups is 1. The van der Waals surface area contributed by atoms with Gasteiger partial charge in [0, 0.05) is 11.6 Å². The Hall–Kier alpha value is -4.96. The summed E-state index contributed by atoms with van der Waals surface area (Å²) in [5, 5.41) is 20.3. The number of nitrogens with zero attached hydrogens (tertiary/aromatic N) is 2. The minimum absolute atomic E-state index is 0.0136. The Kier molecular flexibility index (Phi) is 8.93. The average Bonchev–Trinajstić information content (AvgIpc) is 3.49. The van der Waals surface area contributed by atoms with E-state index >= 15 is 0 Å². The summed E-state index contributed by atoms with van der Waals surface area (Å²) in [6.45, 7) is 2.64. The smallest absolute Gasteiger partial charge is 0.342 e. The predicted octanol–water partition coefficient (Wildman–Crippen LogP) is 7.10. The number of hydrogen-bond donors (Lipinski definition) is 1. The van der Waals surface area contributed by atoms with E-state index in [2.05, 4.69) is 28.4 Å². The quantitative estimate of drug-likeness (QED) is 0.120. The van der Waals surface area contributed by atoms with Crippen LogP contribution >= 0.6 is 11.8 Å². The third kappa shape index (κ3) is 6.67. The first-order valence-corrected chi connectivity index (χ1v) is 13.8. The van der Waals surface area contributed by atoms with Gasteiger partial charge >= 0.3 is 5.97 Å². The molecule has 214 valence electrons. The molecule has 0 amide bonds. The lowest BCUT2D eigenvalue weighted by Gasteiger charge is -2.14. The van der Waals surface area contributed by atoms with Crippen molar-refractivity contribution in [2.75, 3.05) is 20.8 Å². The summed E-state index contributed by atoms with van der Waals surface area (Å²) in [5.74, 6) is 1.23. The minimum atomic E-state index is -1.14. The van der Waals surface area contributed by atoms with Crippen LogP contribution in [-0.2, 0) is 11.4 Å². The van der Waals surface area contributed by atoms with E-state index in [1.807, 2.05) is 31.2 Å². The maximum Gasteiger partial charge on any atom is 0.342 e. The van der Waals surface area contributed by atoms with E-state index in [-0.39, 0.29) is 16.0 Å². The largest absolute Gasteiger partial charge is 0.497 e. The van der Waals surface area contributed by atoms with Crippen LogP contribution < -0.4 is 18.9 Å². The van der Waals surface area contributed by atoms with E-state index in [9.17, 15) is 9.90 Å². The van der Waals surface area contributed by atoms with Gasteiger partial charge in [-0.15, -0.1) is 10.2 Å². The molecule has 0 radical (unpaired) electrons. The van der Waals surface area contributed by atoms with Gasteiger partial charge in [-0.05, 0) is 70.9 Å². The zero-order valence-corrected chi connectivity index (χ0v) is 24.0. The first-order valence-electron chi connectivity index (χ1n) is 13.0. The molecule has 0 unspecified atom stereocenters. The second-order valence-corrected chi connectivity index (χ2v) is 9.95. The fourth-order valence-electron chi connectivity index (χ4n) is 4.25. The Morgan fingerprint density at radius 3 is 2.40 bits per heavy atom. The first kappa shape index (κ1) is 28.6. The van der Waals surface area contributed by atoms with Gasteiger partial charge in [0.2, 0.25) is 5.89 Å². The van der Waals surface area contributed by atoms with Crippen LogP contribution in [0.5, 0.6) is 23.0 Å². The summed E-state index contributed by atoms with van der Waals surface area (Å²) in [4.78, 5) is 12.1. The van der Waals surface area contributed by atoms with Crippen LogP contribution in [0.1, 0.15) is 18.1 Å². The van der Waals surface area contributed by atoms with Crippen molar-refractivity contribution in [1.29, 1.82) is 0 Å². The van der Waals surface area contributed by atoms with Gasteiger partial charge in [-0.1, -0.05) is 48.5 Å². The molecule has 0 aliphatic heterocycles. The molecule has 5 rings (SSSR count). The van der Waals surface area contributed by atoms with E-state index in [0.717, 1.165) is 28.1 Å². The molecule has 0 saturated heterocycles. The highest BCUT2D eigenvalue weighted by Gasteiger charge is 2.18. The number of methoxy groups -OCH3 is 2. The van der Waals surface area contributed by atoms with Crippen molar-refractivity contribution in [2.45, 2.75) is 18.8 Å². The van der Waals surface area contributed by atoms with Gasteiger partial charge in [0.1, 0.15) is 23.0 Å². The zero-order chi connectivity index (χ0) is 29.5. The third-order valence-electron chi connectivity index (χ3n) is 6.24. The highest BCUT2D eigenvalue weighted by molar-refractivity contribution is 8.03. The van der Waals surface area contributed by atoms with Crippen molar-refractivity contribution >= 4 is 34.6 Å². The summed E-state index contributed by atoms with van der Waals surface area (Å²) < 4.78 is 28.3. The maximum absolute atomic E-state index is 12.1. The van der Waals surface area contributed by atoms with E-state index in [1.54, 1.807) is 36.4 Å². The number of benzene rings is 4. The molecule has 42 heavy (non-hydrogen) atoms. The topological polar surface area (TPSA) is 113 Å². The van der Waals surface area contributed by atoms with Crippen molar-refractivity contribution in [3.8, 4) is 34.5 Å². The molecule has 10 heteroatoms. The Balaban J connectivity index is 1.36. The molecule has 4 aromatic carbocycles. The van der Waals surface area contributed by atoms with Crippen LogP contribution in [0.3, 0.4) is 0 Å². The van der Waals surface area contributed by atoms with Crippen LogP contribution in [0.2, 0.25) is 0 Å². The molecular formula is C32H28N2O7S. The number of carboxylic acids is 1. The summed E-state index contributed by atoms with van der Waals surface area (Å²) >= 11 is 0.846. The average molecular weight is 585 g/mol. The molecule has 1 aromatic heterocycles. The standard InChI is InChI=1S/C32H28N2O7S/c1-4-39-28-14-20(12-13-27(28)40-19-22-10-7-9-21-8-5-6-11-26(21)22)15-29(31(35)36)42-32-34-33-30(41-32)23-16-24(37-2)18-25(17-23)38-3/h5-18H,4,19H2,1-3H3,(H,35,36)/b29-15-. The third-order valence-corrected chi connectivity index (χ3v) is 7.09. The molecule has 1 heterocycles. The number of rotatable bonds is 12. The molecular weight excluding hydrogens is 556 g/mol. The van der Waals surface area contributed by atoms with Crippen molar-refractivity contribution in [2.24, 2.45) is 0 Å². The molecule has 0 aliphatic carbocycles. The Morgan fingerprint density at radius 1 is 0.905 bits per heavy atom. The second kappa shape index (κ2) is 13.1. The number of carboxylic acid groups (broad SMARTS) is 1. The van der Waals surface area contributed by atoms with Gasteiger partial charge in [0.15, 0.2) is 11.5 Å². The molecule has 9 nitrogen and oxygen atoms in total. The van der Waals surface area contributed by atoms with Crippen LogP contribution in [0, 0.1) is 0 Å². The summed E-state index contributed by atoms with van der Waals surface area (Å²) in [6, 6.07) is 24.7. The van der Waals surface area contributed by atoms with Crippen molar-refractivity contribution in [1.82, 2.24) is 10.2 Å². The van der Waals surface area contributed by atoms with Gasteiger partial charge in [-0.2, -0.15) is 0 Å². The SMILES string of the molecule is CCOc1cc(/C=C(\Sc2nnc(-c3cc(OC)cc(OC)c3)o2)C(=O)O)ccc1OCc1cccc2ccccc12. The molecule has 0 fully saturated rings. The normalized spacial score (nSPS) is 11.4. The summed E-state index contributed by atoms with van der Waals surface area (Å²) in [7, 11) is 3.08. The highest BCUT2D eigenvalue weighted by Crippen LogP contribution is 2.35. The number of hydrogen-bond acceptors (Lipinski definition) is 9.